The molecule has 2 unspecified atom stereocenters. The van der Waals surface area contributed by atoms with E-state index in [9.17, 15) is 13.2 Å². The van der Waals surface area contributed by atoms with Crippen LogP contribution >= 0.6 is 0 Å². The second kappa shape index (κ2) is 8.10. The van der Waals surface area contributed by atoms with E-state index in [2.05, 4.69) is 20.0 Å². The fraction of sp³-hybridized carbons (Fsp3) is 0.350. The van der Waals surface area contributed by atoms with E-state index in [1.54, 1.807) is 24.4 Å². The number of carbonyl (C=O) groups is 1. The predicted molar refractivity (Wildman–Crippen MR) is 107 cm³/mol. The molecular formula is C20H24N4O3S. The van der Waals surface area contributed by atoms with Gasteiger partial charge in [-0.3, -0.25) is 19.5 Å². The molecule has 2 aromatic rings. The maximum Gasteiger partial charge on any atom is 0.263 e. The van der Waals surface area contributed by atoms with E-state index in [1.165, 1.54) is 6.07 Å². The van der Waals surface area contributed by atoms with Crippen LogP contribution in [0, 0.1) is 5.92 Å². The van der Waals surface area contributed by atoms with Gasteiger partial charge in [-0.2, -0.15) is 0 Å². The molecule has 1 aliphatic heterocycles. The minimum atomic E-state index is -3.64. The van der Waals surface area contributed by atoms with Crippen molar-refractivity contribution in [1.82, 2.24) is 15.0 Å². The quantitative estimate of drug-likeness (QED) is 0.778. The first-order valence-corrected chi connectivity index (χ1v) is 10.7. The molecule has 0 spiro atoms. The summed E-state index contributed by atoms with van der Waals surface area (Å²) in [5.74, 6) is 0.156. The van der Waals surface area contributed by atoms with Gasteiger partial charge in [-0.25, -0.2) is 8.42 Å². The van der Waals surface area contributed by atoms with Gasteiger partial charge in [0.15, 0.2) is 0 Å². The lowest BCUT2D eigenvalue weighted by Gasteiger charge is -2.19. The van der Waals surface area contributed by atoms with Crippen molar-refractivity contribution in [3.63, 3.8) is 0 Å². The molecule has 0 radical (unpaired) electrons. The molecule has 7 nitrogen and oxygen atoms in total. The van der Waals surface area contributed by atoms with Crippen LogP contribution in [0.5, 0.6) is 0 Å². The zero-order chi connectivity index (χ0) is 20.3. The average Bonchev–Trinajstić information content (AvgIpc) is 2.92. The number of benzene rings is 1. The van der Waals surface area contributed by atoms with Crippen LogP contribution in [0.25, 0.3) is 0 Å². The molecule has 0 saturated heterocycles. The third kappa shape index (κ3) is 4.39. The summed E-state index contributed by atoms with van der Waals surface area (Å²) in [5.41, 5.74) is 1.24. The predicted octanol–water partition coefficient (Wildman–Crippen LogP) is 2.41. The summed E-state index contributed by atoms with van der Waals surface area (Å²) >= 11 is 0. The van der Waals surface area contributed by atoms with Crippen LogP contribution in [-0.2, 0) is 14.8 Å². The number of fused-ring (bicyclic) bond motifs is 1. The Morgan fingerprint density at radius 2 is 1.86 bits per heavy atom. The highest BCUT2D eigenvalue weighted by Crippen LogP contribution is 2.23. The van der Waals surface area contributed by atoms with Gasteiger partial charge in [-0.05, 0) is 43.5 Å². The first kappa shape index (κ1) is 20.0. The number of pyridine rings is 1. The van der Waals surface area contributed by atoms with Crippen LogP contribution in [0.2, 0.25) is 0 Å². The van der Waals surface area contributed by atoms with Crippen molar-refractivity contribution >= 4 is 21.8 Å². The summed E-state index contributed by atoms with van der Waals surface area (Å²) in [6.45, 7) is 5.85. The van der Waals surface area contributed by atoms with Gasteiger partial charge >= 0.3 is 0 Å². The zero-order valence-electron chi connectivity index (χ0n) is 16.1. The summed E-state index contributed by atoms with van der Waals surface area (Å²) in [5, 5.41) is 2.93. The summed E-state index contributed by atoms with van der Waals surface area (Å²) < 4.78 is 27.1. The van der Waals surface area contributed by atoms with Crippen LogP contribution in [0.4, 0.5) is 0 Å². The largest absolute Gasteiger partial charge is 0.346 e. The van der Waals surface area contributed by atoms with Gasteiger partial charge < -0.3 is 5.32 Å². The van der Waals surface area contributed by atoms with Crippen molar-refractivity contribution in [3.05, 3.63) is 59.9 Å². The number of carbonyl (C=O) groups excluding carboxylic acids is 1. The van der Waals surface area contributed by atoms with Crippen molar-refractivity contribution in [2.45, 2.75) is 44.2 Å². The molecule has 3 rings (SSSR count). The molecule has 1 aliphatic rings. The Morgan fingerprint density at radius 3 is 2.54 bits per heavy atom. The summed E-state index contributed by atoms with van der Waals surface area (Å²) in [6.07, 6.45) is 2.17. The summed E-state index contributed by atoms with van der Waals surface area (Å²) in [6, 6.07) is 11.1. The number of aliphatic imine (C=N–C) groups is 1. The van der Waals surface area contributed by atoms with Gasteiger partial charge in [-0.1, -0.05) is 32.0 Å². The van der Waals surface area contributed by atoms with E-state index in [-0.39, 0.29) is 28.6 Å². The lowest BCUT2D eigenvalue weighted by molar-refractivity contribution is -0.123. The number of nitrogens with zero attached hydrogens (tertiary/aromatic N) is 2. The highest BCUT2D eigenvalue weighted by molar-refractivity contribution is 7.90. The van der Waals surface area contributed by atoms with Crippen LogP contribution in [0.15, 0.2) is 58.5 Å². The number of hydrogen-bond donors (Lipinski definition) is 2. The number of hydrogen-bond acceptors (Lipinski definition) is 5. The molecule has 148 valence electrons. The van der Waals surface area contributed by atoms with Crippen LogP contribution in [-0.4, -0.2) is 31.2 Å². The number of amidine groups is 1. The van der Waals surface area contributed by atoms with Gasteiger partial charge in [0.1, 0.15) is 11.9 Å². The molecule has 0 aliphatic carbocycles. The standard InChI is InChI=1S/C20H24N4O3S/c1-13(2)12-17(20(25)22-14(3)16-9-6-7-11-21-16)23-19-15-8-4-5-10-18(15)28(26,27)24-19/h4-11,13-14,17H,12H2,1-3H3,(H,22,25)(H,23,24). The fourth-order valence-corrected chi connectivity index (χ4v) is 4.31. The zero-order valence-corrected chi connectivity index (χ0v) is 16.9. The van der Waals surface area contributed by atoms with Crippen molar-refractivity contribution in [2.24, 2.45) is 10.9 Å². The highest BCUT2D eigenvalue weighted by Gasteiger charge is 2.32. The highest BCUT2D eigenvalue weighted by atomic mass is 32.2. The SMILES string of the molecule is CC(C)CC(N=C1NS(=O)(=O)c2ccccc21)C(=O)NC(C)c1ccccn1. The number of amides is 1. The molecular weight excluding hydrogens is 376 g/mol. The monoisotopic (exact) mass is 400 g/mol. The first-order valence-electron chi connectivity index (χ1n) is 9.19. The Bertz CT molecular complexity index is 988. The molecule has 2 N–H and O–H groups in total. The number of rotatable bonds is 6. The lowest BCUT2D eigenvalue weighted by Crippen LogP contribution is -2.38. The molecule has 0 saturated carbocycles. The van der Waals surface area contributed by atoms with Gasteiger partial charge in [0.05, 0.1) is 16.6 Å². The number of sulfonamides is 1. The van der Waals surface area contributed by atoms with Crippen LogP contribution in [0.1, 0.15) is 44.5 Å². The second-order valence-corrected chi connectivity index (χ2v) is 8.86. The Kier molecular flexibility index (Phi) is 5.79. The first-order chi connectivity index (χ1) is 13.3. The molecule has 1 amide bonds. The average molecular weight is 401 g/mol. The minimum Gasteiger partial charge on any atom is -0.346 e. The Hall–Kier alpha value is -2.74. The molecule has 2 heterocycles. The van der Waals surface area contributed by atoms with E-state index >= 15 is 0 Å². The Labute approximate surface area is 165 Å². The van der Waals surface area contributed by atoms with E-state index < -0.39 is 16.1 Å². The third-order valence-electron chi connectivity index (χ3n) is 4.44. The maximum atomic E-state index is 12.9. The lowest BCUT2D eigenvalue weighted by atomic mass is 10.0. The Balaban J connectivity index is 1.87. The maximum absolute atomic E-state index is 12.9. The summed E-state index contributed by atoms with van der Waals surface area (Å²) in [7, 11) is -3.64. The molecule has 0 fully saturated rings. The molecule has 1 aromatic heterocycles. The molecule has 2 atom stereocenters. The van der Waals surface area contributed by atoms with Gasteiger partial charge in [0.25, 0.3) is 10.0 Å². The van der Waals surface area contributed by atoms with Gasteiger partial charge in [0, 0.05) is 11.8 Å². The van der Waals surface area contributed by atoms with Crippen LogP contribution in [0.3, 0.4) is 0 Å². The normalized spacial score (nSPS) is 18.4. The second-order valence-electron chi connectivity index (χ2n) is 7.21. The van der Waals surface area contributed by atoms with Crippen molar-refractivity contribution < 1.29 is 13.2 Å². The number of nitrogens with one attached hydrogen (secondary N) is 2. The van der Waals surface area contributed by atoms with Crippen molar-refractivity contribution in [2.75, 3.05) is 0 Å². The van der Waals surface area contributed by atoms with E-state index in [4.69, 9.17) is 0 Å². The summed E-state index contributed by atoms with van der Waals surface area (Å²) in [4.78, 5) is 21.8. The fourth-order valence-electron chi connectivity index (χ4n) is 3.07. The third-order valence-corrected chi connectivity index (χ3v) is 5.83. The van der Waals surface area contributed by atoms with E-state index in [0.717, 1.165) is 5.69 Å². The van der Waals surface area contributed by atoms with E-state index in [0.29, 0.717) is 12.0 Å². The van der Waals surface area contributed by atoms with Crippen molar-refractivity contribution in [3.8, 4) is 0 Å². The molecule has 0 bridgehead atoms. The Morgan fingerprint density at radius 1 is 1.14 bits per heavy atom. The van der Waals surface area contributed by atoms with Gasteiger partial charge in [-0.15, -0.1) is 0 Å². The molecule has 28 heavy (non-hydrogen) atoms. The smallest absolute Gasteiger partial charge is 0.263 e. The molecule has 1 aromatic carbocycles. The van der Waals surface area contributed by atoms with E-state index in [1.807, 2.05) is 39.0 Å². The topological polar surface area (TPSA) is 101 Å². The van der Waals surface area contributed by atoms with Gasteiger partial charge in [0.2, 0.25) is 5.91 Å². The number of aromatic nitrogens is 1. The van der Waals surface area contributed by atoms with Crippen molar-refractivity contribution in [1.29, 1.82) is 0 Å². The molecule has 8 heteroatoms. The minimum absolute atomic E-state index is 0.180. The van der Waals surface area contributed by atoms with Crippen LogP contribution < -0.4 is 10.0 Å².